The molecule has 43 heavy (non-hydrogen) atoms. The van der Waals surface area contributed by atoms with E-state index in [1.165, 1.54) is 24.1 Å². The molecular weight excluding hydrogens is 568 g/mol. The zero-order valence-corrected chi connectivity index (χ0v) is 24.2. The smallest absolute Gasteiger partial charge is 0.418 e. The second-order valence-corrected chi connectivity index (χ2v) is 11.4. The van der Waals surface area contributed by atoms with Crippen molar-refractivity contribution in [3.8, 4) is 6.01 Å². The highest BCUT2D eigenvalue weighted by Crippen LogP contribution is 2.44. The fourth-order valence-electron chi connectivity index (χ4n) is 6.45. The highest BCUT2D eigenvalue weighted by Gasteiger charge is 2.39. The number of aromatic nitrogens is 4. The van der Waals surface area contributed by atoms with Gasteiger partial charge in [0.1, 0.15) is 12.4 Å². The first-order chi connectivity index (χ1) is 20.5. The van der Waals surface area contributed by atoms with E-state index in [2.05, 4.69) is 21.7 Å². The molecule has 2 fully saturated rings. The van der Waals surface area contributed by atoms with Crippen molar-refractivity contribution in [2.45, 2.75) is 44.9 Å². The number of aromatic amines is 1. The Labute approximate surface area is 246 Å². The van der Waals surface area contributed by atoms with Crippen LogP contribution in [0.1, 0.15) is 35.2 Å². The van der Waals surface area contributed by atoms with Gasteiger partial charge in [0, 0.05) is 49.7 Å². The molecule has 2 aromatic heterocycles. The van der Waals surface area contributed by atoms with Gasteiger partial charge in [-0.25, -0.2) is 4.39 Å². The monoisotopic (exact) mass is 602 g/mol. The third-order valence-electron chi connectivity index (χ3n) is 8.71. The predicted molar refractivity (Wildman–Crippen MR) is 153 cm³/mol. The minimum absolute atomic E-state index is 0.0793. The van der Waals surface area contributed by atoms with Crippen LogP contribution in [-0.4, -0.2) is 94.8 Å². The Morgan fingerprint density at radius 1 is 1.14 bits per heavy atom. The van der Waals surface area contributed by atoms with E-state index in [-0.39, 0.29) is 42.9 Å². The number of aryl methyl sites for hydroxylation is 1. The molecule has 3 aliphatic heterocycles. The molecule has 0 saturated carbocycles. The number of halogens is 4. The van der Waals surface area contributed by atoms with Crippen LogP contribution in [0, 0.1) is 6.92 Å². The number of nitrogens with zero attached hydrogens (tertiary/aromatic N) is 7. The first-order valence-electron chi connectivity index (χ1n) is 14.4. The van der Waals surface area contributed by atoms with Crippen LogP contribution in [0.4, 0.5) is 29.1 Å². The second-order valence-electron chi connectivity index (χ2n) is 11.4. The zero-order chi connectivity index (χ0) is 30.5. The third kappa shape index (κ3) is 5.59. The molecular formula is C29H34F4N8O2. The Morgan fingerprint density at radius 3 is 2.58 bits per heavy atom. The number of carbonyl (C=O) groups is 1. The van der Waals surface area contributed by atoms with Crippen LogP contribution in [0.25, 0.3) is 10.9 Å². The second kappa shape index (κ2) is 11.3. The standard InChI is InChI=1S/C29H34F4N8O2/c1-17-13-22-21(14-34-37-22)25(24(17)29(31,32)33)41-8-6-20-23(15-41)35-28(43-16-19-5-4-7-38(19)3)36-26(20)39-9-11-40(12-10-39)27(42)18(2)30/h13-14,19H,2,4-12,15-16H2,1,3H3,(H,34,37)/t19-/m0/s1. The summed E-state index contributed by atoms with van der Waals surface area (Å²) in [5, 5.41) is 7.22. The maximum Gasteiger partial charge on any atom is 0.418 e. The lowest BCUT2D eigenvalue weighted by atomic mass is 9.98. The maximum atomic E-state index is 14.4. The summed E-state index contributed by atoms with van der Waals surface area (Å²) in [6, 6.07) is 1.86. The van der Waals surface area contributed by atoms with E-state index in [9.17, 15) is 22.4 Å². The summed E-state index contributed by atoms with van der Waals surface area (Å²) in [7, 11) is 2.04. The number of fused-ring (bicyclic) bond motifs is 2. The summed E-state index contributed by atoms with van der Waals surface area (Å²) in [6.07, 6.45) is -0.663. The number of piperazine rings is 1. The number of benzene rings is 1. The number of carbonyl (C=O) groups excluding carboxylic acids is 1. The predicted octanol–water partition coefficient (Wildman–Crippen LogP) is 3.85. The molecule has 6 rings (SSSR count). The molecule has 3 aliphatic rings. The number of alkyl halides is 3. The number of ether oxygens (including phenoxy) is 1. The zero-order valence-electron chi connectivity index (χ0n) is 24.2. The number of anilines is 2. The lowest BCUT2D eigenvalue weighted by Crippen LogP contribution is -2.49. The summed E-state index contributed by atoms with van der Waals surface area (Å²) in [6.45, 7) is 7.76. The van der Waals surface area contributed by atoms with Crippen LogP contribution in [0.15, 0.2) is 24.7 Å². The molecule has 0 bridgehead atoms. The van der Waals surface area contributed by atoms with Crippen LogP contribution in [-0.2, 0) is 23.9 Å². The van der Waals surface area contributed by atoms with Gasteiger partial charge >= 0.3 is 12.2 Å². The summed E-state index contributed by atoms with van der Waals surface area (Å²) < 4.78 is 62.8. The van der Waals surface area contributed by atoms with Crippen molar-refractivity contribution in [3.63, 3.8) is 0 Å². The van der Waals surface area contributed by atoms with Crippen LogP contribution in [0.3, 0.4) is 0 Å². The van der Waals surface area contributed by atoms with Crippen molar-refractivity contribution in [1.29, 1.82) is 0 Å². The van der Waals surface area contributed by atoms with Crippen molar-refractivity contribution in [2.24, 2.45) is 0 Å². The van der Waals surface area contributed by atoms with E-state index in [1.54, 1.807) is 4.90 Å². The number of amides is 1. The van der Waals surface area contributed by atoms with E-state index >= 15 is 0 Å². The molecule has 14 heteroatoms. The summed E-state index contributed by atoms with van der Waals surface area (Å²) in [5.74, 6) is -1.09. The Kier molecular flexibility index (Phi) is 7.65. The van der Waals surface area contributed by atoms with E-state index in [1.807, 2.05) is 11.9 Å². The van der Waals surface area contributed by atoms with Crippen molar-refractivity contribution >= 4 is 28.3 Å². The molecule has 10 nitrogen and oxygen atoms in total. The van der Waals surface area contributed by atoms with E-state index in [0.29, 0.717) is 55.1 Å². The Hall–Kier alpha value is -3.94. The first kappa shape index (κ1) is 29.1. The summed E-state index contributed by atoms with van der Waals surface area (Å²) >= 11 is 0. The fourth-order valence-corrected chi connectivity index (χ4v) is 6.45. The lowest BCUT2D eigenvalue weighted by molar-refractivity contribution is -0.137. The largest absolute Gasteiger partial charge is 0.462 e. The molecule has 2 saturated heterocycles. The topological polar surface area (TPSA) is 93.7 Å². The van der Waals surface area contributed by atoms with Gasteiger partial charge in [0.25, 0.3) is 5.91 Å². The average Bonchev–Trinajstić information content (AvgIpc) is 3.61. The molecule has 1 aromatic carbocycles. The molecule has 0 spiro atoms. The van der Waals surface area contributed by atoms with Crippen molar-refractivity contribution in [3.05, 3.63) is 47.1 Å². The fraction of sp³-hybridized carbons (Fsp3) is 0.517. The molecule has 0 radical (unpaired) electrons. The Bertz CT molecular complexity index is 1550. The van der Waals surface area contributed by atoms with Crippen molar-refractivity contribution in [1.82, 2.24) is 30.0 Å². The minimum atomic E-state index is -4.56. The van der Waals surface area contributed by atoms with Crippen molar-refractivity contribution in [2.75, 3.05) is 62.7 Å². The normalized spacial score (nSPS) is 19.7. The third-order valence-corrected chi connectivity index (χ3v) is 8.71. The van der Waals surface area contributed by atoms with Gasteiger partial charge in [0.05, 0.1) is 35.2 Å². The molecule has 0 unspecified atom stereocenters. The molecule has 1 atom stereocenters. The van der Waals surface area contributed by atoms with Crippen LogP contribution >= 0.6 is 0 Å². The number of likely N-dealkylation sites (tertiary alicyclic amines) is 1. The number of likely N-dealkylation sites (N-methyl/N-ethyl adjacent to an activating group) is 1. The molecule has 0 aliphatic carbocycles. The molecule has 1 amide bonds. The summed E-state index contributed by atoms with van der Waals surface area (Å²) in [4.78, 5) is 29.0. The SMILES string of the molecule is C=C(F)C(=O)N1CCN(c2nc(OC[C@@H]3CCCN3C)nc3c2CCN(c2c(C(F)(F)F)c(C)cc4[nH]ncc24)C3)CC1. The van der Waals surface area contributed by atoms with Crippen LogP contribution < -0.4 is 14.5 Å². The van der Waals surface area contributed by atoms with Gasteiger partial charge in [-0.3, -0.25) is 9.89 Å². The number of nitrogens with one attached hydrogen (secondary N) is 1. The van der Waals surface area contributed by atoms with E-state index in [4.69, 9.17) is 14.7 Å². The number of H-pyrrole nitrogens is 1. The minimum Gasteiger partial charge on any atom is -0.462 e. The van der Waals surface area contributed by atoms with Gasteiger partial charge in [-0.05, 0) is 51.4 Å². The number of hydrogen-bond donors (Lipinski definition) is 1. The number of rotatable bonds is 6. The maximum absolute atomic E-state index is 14.4. The van der Waals surface area contributed by atoms with E-state index < -0.39 is 23.5 Å². The molecule has 5 heterocycles. The quantitative estimate of drug-likeness (QED) is 0.336. The van der Waals surface area contributed by atoms with Gasteiger partial charge in [0.2, 0.25) is 0 Å². The Morgan fingerprint density at radius 2 is 1.91 bits per heavy atom. The molecule has 3 aromatic rings. The van der Waals surface area contributed by atoms with Gasteiger partial charge in [-0.2, -0.15) is 28.2 Å². The van der Waals surface area contributed by atoms with Gasteiger partial charge in [0.15, 0.2) is 5.83 Å². The average molecular weight is 603 g/mol. The van der Waals surface area contributed by atoms with Crippen molar-refractivity contribution < 1.29 is 27.1 Å². The van der Waals surface area contributed by atoms with Gasteiger partial charge in [-0.1, -0.05) is 6.58 Å². The molecule has 1 N–H and O–H groups in total. The Balaban J connectivity index is 1.35. The van der Waals surface area contributed by atoms with E-state index in [0.717, 1.165) is 24.9 Å². The number of hydrogen-bond acceptors (Lipinski definition) is 8. The highest BCUT2D eigenvalue weighted by atomic mass is 19.4. The van der Waals surface area contributed by atoms with Gasteiger partial charge < -0.3 is 24.3 Å². The van der Waals surface area contributed by atoms with Gasteiger partial charge in [-0.15, -0.1) is 0 Å². The first-order valence-corrected chi connectivity index (χ1v) is 14.4. The summed E-state index contributed by atoms with van der Waals surface area (Å²) in [5.41, 5.74) is 1.46. The lowest BCUT2D eigenvalue weighted by Gasteiger charge is -2.38. The molecule has 230 valence electrons. The van der Waals surface area contributed by atoms with Crippen LogP contribution in [0.5, 0.6) is 6.01 Å². The highest BCUT2D eigenvalue weighted by molar-refractivity contribution is 5.95. The van der Waals surface area contributed by atoms with Crippen LogP contribution in [0.2, 0.25) is 0 Å².